The molecule has 3 aromatic carbocycles. The molecule has 0 bridgehead atoms. The average molecular weight is 547 g/mol. The van der Waals surface area contributed by atoms with E-state index in [-0.39, 0.29) is 5.91 Å². The summed E-state index contributed by atoms with van der Waals surface area (Å²) in [5.74, 6) is 0.262. The molecule has 0 saturated carbocycles. The van der Waals surface area contributed by atoms with Gasteiger partial charge in [-0.15, -0.1) is 0 Å². The van der Waals surface area contributed by atoms with E-state index in [0.717, 1.165) is 29.9 Å². The third kappa shape index (κ3) is 6.28. The van der Waals surface area contributed by atoms with Crippen LogP contribution in [0.2, 0.25) is 10.0 Å². The molecule has 0 aromatic heterocycles. The molecule has 1 heterocycles. The molecule has 4 rings (SSSR count). The zero-order valence-corrected chi connectivity index (χ0v) is 20.8. The highest BCUT2D eigenvalue weighted by atomic mass is 79.9. The number of nitrogens with zero attached hydrogens (tertiary/aromatic N) is 2. The van der Waals surface area contributed by atoms with E-state index in [1.807, 2.05) is 54.6 Å². The van der Waals surface area contributed by atoms with Crippen LogP contribution in [0.1, 0.15) is 34.3 Å². The third-order valence-corrected chi connectivity index (χ3v) is 6.42. The third-order valence-electron chi connectivity index (χ3n) is 5.30. The zero-order valence-electron chi connectivity index (χ0n) is 17.7. The number of carbonyl (C=O) groups excluding carboxylic acids is 1. The normalized spacial score (nSPS) is 13.5. The van der Waals surface area contributed by atoms with Gasteiger partial charge in [-0.3, -0.25) is 4.79 Å². The quantitative estimate of drug-likeness (QED) is 0.265. The number of hydrogen-bond acceptors (Lipinski definition) is 4. The van der Waals surface area contributed by atoms with E-state index >= 15 is 0 Å². The van der Waals surface area contributed by atoms with Crippen molar-refractivity contribution in [1.29, 1.82) is 0 Å². The molecule has 1 saturated heterocycles. The van der Waals surface area contributed by atoms with Gasteiger partial charge in [0.2, 0.25) is 0 Å². The van der Waals surface area contributed by atoms with Crippen LogP contribution in [0.5, 0.6) is 5.75 Å². The first kappa shape index (κ1) is 23.6. The van der Waals surface area contributed by atoms with E-state index in [1.165, 1.54) is 19.1 Å². The van der Waals surface area contributed by atoms with Crippen LogP contribution in [0.4, 0.5) is 5.69 Å². The fraction of sp³-hybridized carbons (Fsp3) is 0.200. The number of ether oxygens (including phenoxy) is 1. The molecule has 0 radical (unpaired) electrons. The van der Waals surface area contributed by atoms with E-state index in [1.54, 1.807) is 6.07 Å². The standard InChI is InChI=1S/C25H22BrCl2N3O2/c26-22-13-18(14-23(28)24(22)33-16-17-3-7-20(27)8-4-17)15-29-30-25(32)19-5-9-21(10-6-19)31-11-1-2-12-31/h3-10,13-15H,1-2,11-12,16H2,(H,30,32)/b29-15-. The number of anilines is 1. The number of nitrogens with one attached hydrogen (secondary N) is 1. The maximum Gasteiger partial charge on any atom is 0.271 e. The number of halogens is 3. The van der Waals surface area contributed by atoms with Crippen LogP contribution in [0.3, 0.4) is 0 Å². The minimum absolute atomic E-state index is 0.271. The minimum Gasteiger partial charge on any atom is -0.486 e. The highest BCUT2D eigenvalue weighted by Crippen LogP contribution is 2.34. The molecule has 0 unspecified atom stereocenters. The molecule has 1 N–H and O–H groups in total. The van der Waals surface area contributed by atoms with Crippen molar-refractivity contribution in [3.63, 3.8) is 0 Å². The summed E-state index contributed by atoms with van der Waals surface area (Å²) in [6.07, 6.45) is 3.97. The first-order valence-electron chi connectivity index (χ1n) is 10.5. The monoisotopic (exact) mass is 545 g/mol. The van der Waals surface area contributed by atoms with Crippen LogP contribution in [0.15, 0.2) is 70.2 Å². The predicted molar refractivity (Wildman–Crippen MR) is 138 cm³/mol. The Morgan fingerprint density at radius 3 is 2.42 bits per heavy atom. The number of carbonyl (C=O) groups is 1. The Balaban J connectivity index is 1.34. The largest absolute Gasteiger partial charge is 0.486 e. The SMILES string of the molecule is O=C(N/N=C\c1cc(Cl)c(OCc2ccc(Cl)cc2)c(Br)c1)c1ccc(N2CCCC2)cc1. The Kier molecular flexibility index (Phi) is 7.91. The van der Waals surface area contributed by atoms with Gasteiger partial charge in [-0.05, 0) is 88.4 Å². The van der Waals surface area contributed by atoms with E-state index in [0.29, 0.717) is 32.4 Å². The van der Waals surface area contributed by atoms with Crippen molar-refractivity contribution in [1.82, 2.24) is 5.43 Å². The lowest BCUT2D eigenvalue weighted by molar-refractivity contribution is 0.0955. The van der Waals surface area contributed by atoms with Crippen LogP contribution in [-0.2, 0) is 6.61 Å². The number of rotatable bonds is 7. The molecular weight excluding hydrogens is 525 g/mol. The van der Waals surface area contributed by atoms with Crippen LogP contribution in [0, 0.1) is 0 Å². The number of hydrazone groups is 1. The van der Waals surface area contributed by atoms with Gasteiger partial charge in [0.15, 0.2) is 5.75 Å². The van der Waals surface area contributed by atoms with Crippen molar-refractivity contribution >= 4 is 56.9 Å². The topological polar surface area (TPSA) is 53.9 Å². The summed E-state index contributed by atoms with van der Waals surface area (Å²) in [7, 11) is 0. The molecule has 1 aliphatic heterocycles. The smallest absolute Gasteiger partial charge is 0.271 e. The summed E-state index contributed by atoms with van der Waals surface area (Å²) in [5, 5.41) is 5.17. The van der Waals surface area contributed by atoms with E-state index < -0.39 is 0 Å². The fourth-order valence-electron chi connectivity index (χ4n) is 3.56. The van der Waals surface area contributed by atoms with Gasteiger partial charge in [0.25, 0.3) is 5.91 Å². The Hall–Kier alpha value is -2.54. The Labute approximate surface area is 211 Å². The molecule has 0 aliphatic carbocycles. The maximum atomic E-state index is 12.4. The Bertz CT molecular complexity index is 1120. The second kappa shape index (κ2) is 11.1. The van der Waals surface area contributed by atoms with Crippen molar-refractivity contribution in [2.45, 2.75) is 19.4 Å². The Morgan fingerprint density at radius 1 is 1.06 bits per heavy atom. The van der Waals surface area contributed by atoms with Gasteiger partial charge in [0.05, 0.1) is 15.7 Å². The van der Waals surface area contributed by atoms with Gasteiger partial charge >= 0.3 is 0 Å². The van der Waals surface area contributed by atoms with Crippen molar-refractivity contribution in [3.8, 4) is 5.75 Å². The van der Waals surface area contributed by atoms with Crippen molar-refractivity contribution in [2.75, 3.05) is 18.0 Å². The number of amides is 1. The number of hydrogen-bond donors (Lipinski definition) is 1. The second-order valence-corrected chi connectivity index (χ2v) is 9.37. The zero-order chi connectivity index (χ0) is 23.2. The van der Waals surface area contributed by atoms with Crippen LogP contribution in [0.25, 0.3) is 0 Å². The predicted octanol–water partition coefficient (Wildman–Crippen LogP) is 6.70. The van der Waals surface area contributed by atoms with Crippen LogP contribution < -0.4 is 15.1 Å². The molecule has 170 valence electrons. The van der Waals surface area contributed by atoms with Crippen LogP contribution in [-0.4, -0.2) is 25.2 Å². The lowest BCUT2D eigenvalue weighted by Gasteiger charge is -2.17. The van der Waals surface area contributed by atoms with Crippen molar-refractivity contribution in [2.24, 2.45) is 5.10 Å². The van der Waals surface area contributed by atoms with Gasteiger partial charge < -0.3 is 9.64 Å². The first-order chi connectivity index (χ1) is 16.0. The van der Waals surface area contributed by atoms with Gasteiger partial charge in [-0.1, -0.05) is 35.3 Å². The molecule has 1 fully saturated rings. The lowest BCUT2D eigenvalue weighted by Crippen LogP contribution is -2.19. The van der Waals surface area contributed by atoms with E-state index in [9.17, 15) is 4.79 Å². The molecule has 1 aliphatic rings. The Morgan fingerprint density at radius 2 is 1.76 bits per heavy atom. The van der Waals surface area contributed by atoms with Gasteiger partial charge in [-0.25, -0.2) is 5.43 Å². The van der Waals surface area contributed by atoms with Crippen molar-refractivity contribution in [3.05, 3.63) is 91.9 Å². The average Bonchev–Trinajstić information content (AvgIpc) is 3.35. The summed E-state index contributed by atoms with van der Waals surface area (Å²) in [6.45, 7) is 2.49. The summed E-state index contributed by atoms with van der Waals surface area (Å²) in [5.41, 5.74) is 5.95. The first-order valence-corrected chi connectivity index (χ1v) is 12.1. The molecule has 5 nitrogen and oxygen atoms in total. The van der Waals surface area contributed by atoms with Crippen molar-refractivity contribution < 1.29 is 9.53 Å². The fourth-order valence-corrected chi connectivity index (χ4v) is 4.67. The molecule has 0 spiro atoms. The second-order valence-electron chi connectivity index (χ2n) is 7.67. The van der Waals surface area contributed by atoms with Gasteiger partial charge in [0, 0.05) is 29.4 Å². The minimum atomic E-state index is -0.271. The highest BCUT2D eigenvalue weighted by Gasteiger charge is 2.13. The van der Waals surface area contributed by atoms with Crippen LogP contribution >= 0.6 is 39.1 Å². The molecule has 3 aromatic rings. The van der Waals surface area contributed by atoms with Gasteiger partial charge in [0.1, 0.15) is 6.61 Å². The molecular formula is C25H22BrCl2N3O2. The van der Waals surface area contributed by atoms with E-state index in [2.05, 4.69) is 31.4 Å². The summed E-state index contributed by atoms with van der Waals surface area (Å²) in [6, 6.07) is 18.6. The summed E-state index contributed by atoms with van der Waals surface area (Å²) in [4.78, 5) is 14.7. The molecule has 0 atom stereocenters. The highest BCUT2D eigenvalue weighted by molar-refractivity contribution is 9.10. The summed E-state index contributed by atoms with van der Waals surface area (Å²) >= 11 is 15.8. The van der Waals surface area contributed by atoms with Gasteiger partial charge in [-0.2, -0.15) is 5.10 Å². The lowest BCUT2D eigenvalue weighted by atomic mass is 10.2. The molecule has 1 amide bonds. The number of benzene rings is 3. The maximum absolute atomic E-state index is 12.4. The molecule has 33 heavy (non-hydrogen) atoms. The van der Waals surface area contributed by atoms with E-state index in [4.69, 9.17) is 27.9 Å². The summed E-state index contributed by atoms with van der Waals surface area (Å²) < 4.78 is 6.55. The molecule has 8 heteroatoms.